The molecule has 6 heteroatoms. The van der Waals surface area contributed by atoms with E-state index in [4.69, 9.17) is 16.3 Å². The van der Waals surface area contributed by atoms with Gasteiger partial charge in [0.2, 0.25) is 0 Å². The summed E-state index contributed by atoms with van der Waals surface area (Å²) in [6.45, 7) is 2.59. The molecule has 0 aliphatic carbocycles. The van der Waals surface area contributed by atoms with E-state index in [2.05, 4.69) is 16.4 Å². The van der Waals surface area contributed by atoms with Gasteiger partial charge in [0, 0.05) is 27.9 Å². The lowest BCUT2D eigenvalue weighted by atomic mass is 10.2. The second-order valence-electron chi connectivity index (χ2n) is 5.32. The number of nitrogens with one attached hydrogen (secondary N) is 1. The minimum Gasteiger partial charge on any atom is -0.494 e. The van der Waals surface area contributed by atoms with Crippen molar-refractivity contribution in [3.8, 4) is 23.1 Å². The zero-order valence-corrected chi connectivity index (χ0v) is 15.6. The maximum Gasteiger partial charge on any atom is 0.136 e. The van der Waals surface area contributed by atoms with Crippen LogP contribution in [0.5, 0.6) is 5.75 Å². The summed E-state index contributed by atoms with van der Waals surface area (Å²) in [6, 6.07) is 17.3. The molecule has 0 amide bonds. The molecule has 0 bridgehead atoms. The Morgan fingerprint density at radius 3 is 2.81 bits per heavy atom. The van der Waals surface area contributed by atoms with Gasteiger partial charge in [-0.05, 0) is 49.4 Å². The molecular formula is C20H16ClN3OS. The van der Waals surface area contributed by atoms with Crippen molar-refractivity contribution in [1.82, 2.24) is 4.98 Å². The van der Waals surface area contributed by atoms with Crippen LogP contribution in [-0.4, -0.2) is 11.6 Å². The van der Waals surface area contributed by atoms with Crippen molar-refractivity contribution in [3.63, 3.8) is 0 Å². The average Bonchev–Trinajstić information content (AvgIpc) is 3.13. The van der Waals surface area contributed by atoms with Crippen molar-refractivity contribution in [1.29, 1.82) is 5.26 Å². The molecular weight excluding hydrogens is 366 g/mol. The van der Waals surface area contributed by atoms with Crippen LogP contribution in [0.1, 0.15) is 11.9 Å². The van der Waals surface area contributed by atoms with Gasteiger partial charge in [-0.25, -0.2) is 4.98 Å². The van der Waals surface area contributed by atoms with Crippen molar-refractivity contribution in [3.05, 3.63) is 70.1 Å². The summed E-state index contributed by atoms with van der Waals surface area (Å²) in [5, 5.41) is 15.8. The van der Waals surface area contributed by atoms with E-state index >= 15 is 0 Å². The van der Waals surface area contributed by atoms with Crippen molar-refractivity contribution in [2.75, 3.05) is 11.9 Å². The van der Waals surface area contributed by atoms with Gasteiger partial charge in [-0.3, -0.25) is 0 Å². The van der Waals surface area contributed by atoms with E-state index in [1.807, 2.05) is 48.7 Å². The van der Waals surface area contributed by atoms with Crippen LogP contribution < -0.4 is 10.1 Å². The van der Waals surface area contributed by atoms with Crippen LogP contribution in [0.2, 0.25) is 5.02 Å². The van der Waals surface area contributed by atoms with Gasteiger partial charge < -0.3 is 10.1 Å². The Bertz CT molecular complexity index is 958. The first kappa shape index (κ1) is 18.0. The number of halogens is 1. The van der Waals surface area contributed by atoms with Crippen molar-refractivity contribution in [2.24, 2.45) is 0 Å². The van der Waals surface area contributed by atoms with Gasteiger partial charge >= 0.3 is 0 Å². The van der Waals surface area contributed by atoms with Crippen LogP contribution >= 0.6 is 22.9 Å². The Morgan fingerprint density at radius 2 is 2.12 bits per heavy atom. The number of aromatic nitrogens is 1. The van der Waals surface area contributed by atoms with Crippen molar-refractivity contribution >= 4 is 34.2 Å². The highest BCUT2D eigenvalue weighted by molar-refractivity contribution is 7.11. The quantitative estimate of drug-likeness (QED) is 0.545. The van der Waals surface area contributed by atoms with Gasteiger partial charge in [0.05, 0.1) is 12.3 Å². The molecule has 3 aromatic rings. The van der Waals surface area contributed by atoms with Crippen LogP contribution in [0.15, 0.2) is 60.1 Å². The second kappa shape index (κ2) is 8.52. The number of thiazole rings is 1. The van der Waals surface area contributed by atoms with Gasteiger partial charge in [0.25, 0.3) is 0 Å². The van der Waals surface area contributed by atoms with Gasteiger partial charge in [-0.1, -0.05) is 17.7 Å². The maximum atomic E-state index is 9.45. The average molecular weight is 382 g/mol. The predicted molar refractivity (Wildman–Crippen MR) is 107 cm³/mol. The summed E-state index contributed by atoms with van der Waals surface area (Å²) < 4.78 is 5.45. The number of hydrogen-bond donors (Lipinski definition) is 1. The van der Waals surface area contributed by atoms with Gasteiger partial charge in [-0.15, -0.1) is 11.3 Å². The van der Waals surface area contributed by atoms with Crippen molar-refractivity contribution in [2.45, 2.75) is 6.92 Å². The van der Waals surface area contributed by atoms with E-state index in [1.165, 1.54) is 11.3 Å². The first-order valence-electron chi connectivity index (χ1n) is 8.01. The Kier molecular flexibility index (Phi) is 5.90. The Morgan fingerprint density at radius 1 is 1.31 bits per heavy atom. The Labute approximate surface area is 161 Å². The smallest absolute Gasteiger partial charge is 0.136 e. The molecule has 3 rings (SSSR count). The van der Waals surface area contributed by atoms with Gasteiger partial charge in [-0.2, -0.15) is 5.26 Å². The number of allylic oxidation sites excluding steroid dienone is 1. The molecule has 26 heavy (non-hydrogen) atoms. The number of nitriles is 1. The Hall–Kier alpha value is -2.81. The zero-order chi connectivity index (χ0) is 18.4. The molecule has 2 aromatic carbocycles. The lowest BCUT2D eigenvalue weighted by Gasteiger charge is -2.03. The molecule has 0 radical (unpaired) electrons. The van der Waals surface area contributed by atoms with Gasteiger partial charge in [0.15, 0.2) is 0 Å². The third-order valence-corrected chi connectivity index (χ3v) is 4.63. The van der Waals surface area contributed by atoms with Crippen LogP contribution in [0.25, 0.3) is 16.8 Å². The van der Waals surface area contributed by atoms with E-state index in [1.54, 1.807) is 18.3 Å². The molecule has 0 saturated carbocycles. The molecule has 0 spiro atoms. The van der Waals surface area contributed by atoms with Crippen LogP contribution in [-0.2, 0) is 0 Å². The lowest BCUT2D eigenvalue weighted by molar-refractivity contribution is 0.340. The van der Waals surface area contributed by atoms with E-state index in [-0.39, 0.29) is 0 Å². The maximum absolute atomic E-state index is 9.45. The summed E-state index contributed by atoms with van der Waals surface area (Å²) >= 11 is 7.40. The topological polar surface area (TPSA) is 57.9 Å². The highest BCUT2D eigenvalue weighted by atomic mass is 35.5. The third-order valence-electron chi connectivity index (χ3n) is 3.52. The van der Waals surface area contributed by atoms with E-state index in [0.717, 1.165) is 22.7 Å². The molecule has 0 unspecified atom stereocenters. The number of ether oxygens (including phenoxy) is 1. The second-order valence-corrected chi connectivity index (χ2v) is 6.61. The van der Waals surface area contributed by atoms with Crippen molar-refractivity contribution < 1.29 is 4.74 Å². The molecule has 130 valence electrons. The standard InChI is InChI=1S/C20H16ClN3OS/c1-2-25-18-8-6-14(7-9-18)19-13-26-20(24-19)15(11-22)12-23-17-5-3-4-16(21)10-17/h3-10,12-13,23H,2H2,1H3. The predicted octanol–water partition coefficient (Wildman–Crippen LogP) is 5.84. The van der Waals surface area contributed by atoms with Gasteiger partial charge in [0.1, 0.15) is 22.4 Å². The summed E-state index contributed by atoms with van der Waals surface area (Å²) in [5.74, 6) is 0.829. The molecule has 1 heterocycles. The summed E-state index contributed by atoms with van der Waals surface area (Å²) in [4.78, 5) is 4.58. The lowest BCUT2D eigenvalue weighted by Crippen LogP contribution is -1.91. The number of anilines is 1. The minimum atomic E-state index is 0.465. The molecule has 4 nitrogen and oxygen atoms in total. The highest BCUT2D eigenvalue weighted by Gasteiger charge is 2.09. The molecule has 0 saturated heterocycles. The van der Waals surface area contributed by atoms with Crippen LogP contribution in [0, 0.1) is 11.3 Å². The molecule has 1 N–H and O–H groups in total. The first-order valence-corrected chi connectivity index (χ1v) is 9.27. The SMILES string of the molecule is CCOc1ccc(-c2csc(C(C#N)=CNc3cccc(Cl)c3)n2)cc1. The largest absolute Gasteiger partial charge is 0.494 e. The highest BCUT2D eigenvalue weighted by Crippen LogP contribution is 2.27. The fourth-order valence-corrected chi connectivity index (χ4v) is 3.28. The number of hydrogen-bond acceptors (Lipinski definition) is 5. The Balaban J connectivity index is 1.78. The van der Waals surface area contributed by atoms with E-state index < -0.39 is 0 Å². The monoisotopic (exact) mass is 381 g/mol. The fraction of sp³-hybridized carbons (Fsp3) is 0.100. The van der Waals surface area contributed by atoms with Crippen LogP contribution in [0.4, 0.5) is 5.69 Å². The zero-order valence-electron chi connectivity index (χ0n) is 14.1. The number of benzene rings is 2. The summed E-state index contributed by atoms with van der Waals surface area (Å²) in [5.41, 5.74) is 3.09. The number of nitrogens with zero attached hydrogens (tertiary/aromatic N) is 2. The van der Waals surface area contributed by atoms with E-state index in [9.17, 15) is 5.26 Å². The molecule has 0 aliphatic rings. The molecule has 0 fully saturated rings. The third kappa shape index (κ3) is 4.42. The molecule has 0 atom stereocenters. The fourth-order valence-electron chi connectivity index (χ4n) is 2.29. The van der Waals surface area contributed by atoms with E-state index in [0.29, 0.717) is 22.2 Å². The first-order chi connectivity index (χ1) is 12.7. The summed E-state index contributed by atoms with van der Waals surface area (Å²) in [6.07, 6.45) is 1.65. The molecule has 1 aromatic heterocycles. The normalized spacial score (nSPS) is 11.0. The van der Waals surface area contributed by atoms with Crippen LogP contribution in [0.3, 0.4) is 0 Å². The molecule has 0 aliphatic heterocycles. The number of rotatable bonds is 6. The summed E-state index contributed by atoms with van der Waals surface area (Å²) in [7, 11) is 0. The minimum absolute atomic E-state index is 0.465.